The van der Waals surface area contributed by atoms with Crippen molar-refractivity contribution in [3.05, 3.63) is 41.3 Å². The Morgan fingerprint density at radius 2 is 2.25 bits per heavy atom. The maximum absolute atomic E-state index is 13.6. The smallest absolute Gasteiger partial charge is 0.342 e. The molecule has 2 aromatic rings. The van der Waals surface area contributed by atoms with Gasteiger partial charge in [-0.1, -0.05) is 11.2 Å². The zero-order chi connectivity index (χ0) is 14.5. The Bertz CT molecular complexity index is 612. The van der Waals surface area contributed by atoms with Gasteiger partial charge in [0, 0.05) is 6.92 Å². The summed E-state index contributed by atoms with van der Waals surface area (Å²) in [6, 6.07) is 4.05. The van der Waals surface area contributed by atoms with Gasteiger partial charge in [-0.2, -0.15) is 4.98 Å². The summed E-state index contributed by atoms with van der Waals surface area (Å²) in [5.41, 5.74) is 0.0204. The molecule has 2 rings (SSSR count). The number of rotatable bonds is 5. The topological polar surface area (TPSA) is 74.5 Å². The SMILES string of the molecule is CCOc1c(F)cccc1C(=O)OCc1noc(C)n1. The molecule has 0 spiro atoms. The van der Waals surface area contributed by atoms with Crippen LogP contribution in [0, 0.1) is 12.7 Å². The second-order valence-corrected chi connectivity index (χ2v) is 3.86. The van der Waals surface area contributed by atoms with Crippen LogP contribution in [0.2, 0.25) is 0 Å². The molecule has 0 aliphatic rings. The highest BCUT2D eigenvalue weighted by Crippen LogP contribution is 2.23. The first-order valence-electron chi connectivity index (χ1n) is 5.99. The number of halogens is 1. The molecular formula is C13H13FN2O4. The molecule has 1 aromatic carbocycles. The molecular weight excluding hydrogens is 267 g/mol. The fraction of sp³-hybridized carbons (Fsp3) is 0.308. The van der Waals surface area contributed by atoms with Crippen molar-refractivity contribution in [1.29, 1.82) is 0 Å². The molecule has 0 fully saturated rings. The van der Waals surface area contributed by atoms with Crippen LogP contribution in [-0.4, -0.2) is 22.7 Å². The van der Waals surface area contributed by atoms with Crippen molar-refractivity contribution in [3.63, 3.8) is 0 Å². The molecule has 6 nitrogen and oxygen atoms in total. The van der Waals surface area contributed by atoms with Crippen molar-refractivity contribution in [2.45, 2.75) is 20.5 Å². The molecule has 0 N–H and O–H groups in total. The largest absolute Gasteiger partial charge is 0.490 e. The first-order chi connectivity index (χ1) is 9.61. The van der Waals surface area contributed by atoms with Gasteiger partial charge in [-0.05, 0) is 19.1 Å². The minimum Gasteiger partial charge on any atom is -0.490 e. The molecule has 0 amide bonds. The normalized spacial score (nSPS) is 10.3. The number of hydrogen-bond donors (Lipinski definition) is 0. The average Bonchev–Trinajstić information content (AvgIpc) is 2.84. The highest BCUT2D eigenvalue weighted by molar-refractivity contribution is 5.92. The highest BCUT2D eigenvalue weighted by Gasteiger charge is 2.18. The van der Waals surface area contributed by atoms with Crippen LogP contribution in [0.3, 0.4) is 0 Å². The Balaban J connectivity index is 2.10. The number of nitrogens with zero attached hydrogens (tertiary/aromatic N) is 2. The van der Waals surface area contributed by atoms with Crippen LogP contribution in [0.15, 0.2) is 22.7 Å². The van der Waals surface area contributed by atoms with Crippen molar-refractivity contribution in [2.75, 3.05) is 6.61 Å². The lowest BCUT2D eigenvalue weighted by molar-refractivity contribution is 0.0454. The van der Waals surface area contributed by atoms with Gasteiger partial charge in [0.25, 0.3) is 0 Å². The van der Waals surface area contributed by atoms with Gasteiger partial charge in [0.05, 0.1) is 6.61 Å². The number of benzene rings is 1. The number of para-hydroxylation sites is 1. The molecule has 7 heteroatoms. The predicted octanol–water partition coefficient (Wildman–Crippen LogP) is 2.27. The minimum atomic E-state index is -0.713. The summed E-state index contributed by atoms with van der Waals surface area (Å²) in [6.07, 6.45) is 0. The number of aromatic nitrogens is 2. The minimum absolute atomic E-state index is 0.0204. The number of aryl methyl sites for hydroxylation is 1. The van der Waals surface area contributed by atoms with Crippen LogP contribution in [0.25, 0.3) is 0 Å². The Morgan fingerprint density at radius 3 is 2.90 bits per heavy atom. The monoisotopic (exact) mass is 280 g/mol. The maximum Gasteiger partial charge on any atom is 0.342 e. The standard InChI is InChI=1S/C13H13FN2O4/c1-3-18-12-9(5-4-6-10(12)14)13(17)19-7-11-15-8(2)20-16-11/h4-6H,3,7H2,1-2H3. The van der Waals surface area contributed by atoms with Gasteiger partial charge < -0.3 is 14.0 Å². The summed E-state index contributed by atoms with van der Waals surface area (Å²) in [6.45, 7) is 3.41. The van der Waals surface area contributed by atoms with Gasteiger partial charge in [0.1, 0.15) is 5.56 Å². The van der Waals surface area contributed by atoms with Crippen LogP contribution >= 0.6 is 0 Å². The van der Waals surface area contributed by atoms with E-state index in [1.807, 2.05) is 0 Å². The van der Waals surface area contributed by atoms with Crippen molar-refractivity contribution < 1.29 is 23.2 Å². The van der Waals surface area contributed by atoms with Crippen LogP contribution in [0.5, 0.6) is 5.75 Å². The lowest BCUT2D eigenvalue weighted by atomic mass is 10.2. The number of ether oxygens (including phenoxy) is 2. The Labute approximate surface area is 114 Å². The second kappa shape index (κ2) is 6.14. The van der Waals surface area contributed by atoms with Crippen molar-refractivity contribution in [3.8, 4) is 5.75 Å². The number of hydrogen-bond acceptors (Lipinski definition) is 6. The van der Waals surface area contributed by atoms with Crippen LogP contribution in [0.1, 0.15) is 29.0 Å². The lowest BCUT2D eigenvalue weighted by Gasteiger charge is -2.09. The lowest BCUT2D eigenvalue weighted by Crippen LogP contribution is -2.10. The summed E-state index contributed by atoms with van der Waals surface area (Å²) < 4.78 is 28.5. The van der Waals surface area contributed by atoms with E-state index in [2.05, 4.69) is 10.1 Å². The zero-order valence-corrected chi connectivity index (χ0v) is 11.1. The summed E-state index contributed by atoms with van der Waals surface area (Å²) in [5, 5.41) is 3.59. The van der Waals surface area contributed by atoms with Crippen molar-refractivity contribution in [2.24, 2.45) is 0 Å². The summed E-state index contributed by atoms with van der Waals surface area (Å²) in [7, 11) is 0. The molecule has 0 atom stereocenters. The van der Waals surface area contributed by atoms with E-state index < -0.39 is 11.8 Å². The van der Waals surface area contributed by atoms with Gasteiger partial charge in [-0.25, -0.2) is 9.18 Å². The van der Waals surface area contributed by atoms with Crippen LogP contribution < -0.4 is 4.74 Å². The maximum atomic E-state index is 13.6. The van der Waals surface area contributed by atoms with E-state index in [1.54, 1.807) is 13.8 Å². The fourth-order valence-electron chi connectivity index (χ4n) is 1.57. The third-order valence-electron chi connectivity index (χ3n) is 2.38. The van der Waals surface area contributed by atoms with E-state index in [-0.39, 0.29) is 30.4 Å². The molecule has 20 heavy (non-hydrogen) atoms. The molecule has 0 radical (unpaired) electrons. The molecule has 0 aliphatic heterocycles. The number of carbonyl (C=O) groups is 1. The number of esters is 1. The van der Waals surface area contributed by atoms with E-state index >= 15 is 0 Å². The molecule has 1 heterocycles. The first-order valence-corrected chi connectivity index (χ1v) is 5.99. The highest BCUT2D eigenvalue weighted by atomic mass is 19.1. The van der Waals surface area contributed by atoms with Crippen LogP contribution in [-0.2, 0) is 11.3 Å². The van der Waals surface area contributed by atoms with E-state index in [0.717, 1.165) is 0 Å². The fourth-order valence-corrected chi connectivity index (χ4v) is 1.57. The van der Waals surface area contributed by atoms with Gasteiger partial charge in [-0.3, -0.25) is 0 Å². The predicted molar refractivity (Wildman–Crippen MR) is 65.7 cm³/mol. The van der Waals surface area contributed by atoms with Crippen LogP contribution in [0.4, 0.5) is 4.39 Å². The quantitative estimate of drug-likeness (QED) is 0.782. The molecule has 0 saturated carbocycles. The molecule has 0 unspecified atom stereocenters. The van der Waals surface area contributed by atoms with E-state index in [0.29, 0.717) is 5.89 Å². The Morgan fingerprint density at radius 1 is 1.45 bits per heavy atom. The molecule has 106 valence electrons. The summed E-state index contributed by atoms with van der Waals surface area (Å²) >= 11 is 0. The Hall–Kier alpha value is -2.44. The Kier molecular flexibility index (Phi) is 4.29. The third kappa shape index (κ3) is 3.11. The average molecular weight is 280 g/mol. The number of carbonyl (C=O) groups excluding carboxylic acids is 1. The molecule has 0 bridgehead atoms. The van der Waals surface area contributed by atoms with Crippen molar-refractivity contribution in [1.82, 2.24) is 10.1 Å². The van der Waals surface area contributed by atoms with E-state index in [4.69, 9.17) is 14.0 Å². The van der Waals surface area contributed by atoms with E-state index in [1.165, 1.54) is 18.2 Å². The van der Waals surface area contributed by atoms with E-state index in [9.17, 15) is 9.18 Å². The third-order valence-corrected chi connectivity index (χ3v) is 2.38. The van der Waals surface area contributed by atoms with Gasteiger partial charge >= 0.3 is 5.97 Å². The first kappa shape index (κ1) is 14.0. The molecule has 0 saturated heterocycles. The molecule has 0 aliphatic carbocycles. The van der Waals surface area contributed by atoms with Gasteiger partial charge in [-0.15, -0.1) is 0 Å². The zero-order valence-electron chi connectivity index (χ0n) is 11.1. The second-order valence-electron chi connectivity index (χ2n) is 3.86. The van der Waals surface area contributed by atoms with Gasteiger partial charge in [0.2, 0.25) is 11.7 Å². The molecule has 1 aromatic heterocycles. The van der Waals surface area contributed by atoms with Gasteiger partial charge in [0.15, 0.2) is 18.2 Å². The summed E-state index contributed by atoms with van der Waals surface area (Å²) in [4.78, 5) is 15.8. The summed E-state index contributed by atoms with van der Waals surface area (Å²) in [5.74, 6) is -0.835. The van der Waals surface area contributed by atoms with Crippen molar-refractivity contribution >= 4 is 5.97 Å².